The van der Waals surface area contributed by atoms with Crippen LogP contribution in [0.2, 0.25) is 0 Å². The fourth-order valence-electron chi connectivity index (χ4n) is 2.71. The first-order valence-electron chi connectivity index (χ1n) is 7.32. The quantitative estimate of drug-likeness (QED) is 0.936. The summed E-state index contributed by atoms with van der Waals surface area (Å²) < 4.78 is 18.6. The van der Waals surface area contributed by atoms with E-state index in [0.29, 0.717) is 17.3 Å². The molecule has 1 saturated heterocycles. The topological polar surface area (TPSA) is 54.2 Å². The molecule has 2 heterocycles. The van der Waals surface area contributed by atoms with E-state index in [2.05, 4.69) is 27.3 Å². The lowest BCUT2D eigenvalue weighted by Crippen LogP contribution is -2.45. The molecular weight excluding hydrogens is 271 g/mol. The highest BCUT2D eigenvalue weighted by Crippen LogP contribution is 2.25. The predicted molar refractivity (Wildman–Crippen MR) is 77.2 cm³/mol. The third-order valence-electron chi connectivity index (χ3n) is 3.79. The van der Waals surface area contributed by atoms with Crippen LogP contribution in [0.25, 0.3) is 11.5 Å². The lowest BCUT2D eigenvalue weighted by molar-refractivity contribution is 0.160. The summed E-state index contributed by atoms with van der Waals surface area (Å²) in [6, 6.07) is 6.37. The molecule has 1 aliphatic heterocycles. The van der Waals surface area contributed by atoms with E-state index in [4.69, 9.17) is 4.52 Å². The Morgan fingerprint density at radius 2 is 2.19 bits per heavy atom. The summed E-state index contributed by atoms with van der Waals surface area (Å²) in [5, 5.41) is 7.43. The van der Waals surface area contributed by atoms with Crippen molar-refractivity contribution in [2.24, 2.45) is 0 Å². The first-order valence-corrected chi connectivity index (χ1v) is 7.32. The second-order valence-corrected chi connectivity index (χ2v) is 5.18. The number of hydrogen-bond acceptors (Lipinski definition) is 5. The largest absolute Gasteiger partial charge is 0.334 e. The summed E-state index contributed by atoms with van der Waals surface area (Å²) in [5.41, 5.74) is 0.615. The Kier molecular flexibility index (Phi) is 4.26. The van der Waals surface area contributed by atoms with Crippen molar-refractivity contribution in [3.8, 4) is 11.5 Å². The van der Waals surface area contributed by atoms with E-state index in [1.807, 2.05) is 0 Å². The van der Waals surface area contributed by atoms with Crippen LogP contribution >= 0.6 is 0 Å². The van der Waals surface area contributed by atoms with Crippen LogP contribution in [-0.4, -0.2) is 41.2 Å². The van der Waals surface area contributed by atoms with Gasteiger partial charge in [-0.3, -0.25) is 4.90 Å². The highest BCUT2D eigenvalue weighted by molar-refractivity contribution is 5.52. The van der Waals surface area contributed by atoms with Gasteiger partial charge in [0.15, 0.2) is 5.82 Å². The van der Waals surface area contributed by atoms with E-state index >= 15 is 0 Å². The molecule has 1 aliphatic rings. The molecule has 112 valence electrons. The van der Waals surface area contributed by atoms with Crippen LogP contribution in [0.1, 0.15) is 25.2 Å². The Labute approximate surface area is 123 Å². The van der Waals surface area contributed by atoms with Crippen molar-refractivity contribution in [3.05, 3.63) is 35.9 Å². The Balaban J connectivity index is 1.82. The van der Waals surface area contributed by atoms with E-state index < -0.39 is 0 Å². The van der Waals surface area contributed by atoms with Crippen LogP contribution in [-0.2, 0) is 0 Å². The Morgan fingerprint density at radius 3 is 2.90 bits per heavy atom. The first-order chi connectivity index (χ1) is 10.3. The number of nitrogens with zero attached hydrogens (tertiary/aromatic N) is 3. The van der Waals surface area contributed by atoms with Crippen molar-refractivity contribution < 1.29 is 8.91 Å². The summed E-state index contributed by atoms with van der Waals surface area (Å²) in [6.07, 6.45) is 0.919. The molecule has 1 unspecified atom stereocenters. The summed E-state index contributed by atoms with van der Waals surface area (Å²) in [4.78, 5) is 6.82. The van der Waals surface area contributed by atoms with E-state index in [9.17, 15) is 4.39 Å². The van der Waals surface area contributed by atoms with Crippen LogP contribution in [0.5, 0.6) is 0 Å². The molecule has 0 bridgehead atoms. The van der Waals surface area contributed by atoms with Crippen molar-refractivity contribution in [1.82, 2.24) is 20.4 Å². The second kappa shape index (κ2) is 6.32. The van der Waals surface area contributed by atoms with Gasteiger partial charge in [-0.25, -0.2) is 4.39 Å². The zero-order valence-electron chi connectivity index (χ0n) is 12.1. The second-order valence-electron chi connectivity index (χ2n) is 5.18. The fourth-order valence-corrected chi connectivity index (χ4v) is 2.71. The van der Waals surface area contributed by atoms with Crippen LogP contribution in [0.15, 0.2) is 28.8 Å². The number of benzene rings is 1. The van der Waals surface area contributed by atoms with E-state index in [-0.39, 0.29) is 11.9 Å². The molecule has 1 fully saturated rings. The van der Waals surface area contributed by atoms with Crippen LogP contribution in [0.3, 0.4) is 0 Å². The fraction of sp³-hybridized carbons (Fsp3) is 0.467. The average Bonchev–Trinajstić information content (AvgIpc) is 2.99. The summed E-state index contributed by atoms with van der Waals surface area (Å²) in [7, 11) is 0. The molecule has 0 amide bonds. The van der Waals surface area contributed by atoms with Gasteiger partial charge in [0.2, 0.25) is 0 Å². The standard InChI is InChI=1S/C15H19FN4O/c1-2-13(20-8-6-17-7-9-20)14-18-15(21-19-14)11-4-3-5-12(16)10-11/h3-5,10,13,17H,2,6-9H2,1H3. The maximum Gasteiger partial charge on any atom is 0.258 e. The van der Waals surface area contributed by atoms with Gasteiger partial charge in [-0.05, 0) is 24.6 Å². The number of halogens is 1. The summed E-state index contributed by atoms with van der Waals surface area (Å²) in [5.74, 6) is 0.748. The maximum absolute atomic E-state index is 13.3. The molecule has 0 aliphatic carbocycles. The minimum Gasteiger partial charge on any atom is -0.334 e. The Morgan fingerprint density at radius 1 is 1.38 bits per heavy atom. The monoisotopic (exact) mass is 290 g/mol. The van der Waals surface area contributed by atoms with E-state index in [1.165, 1.54) is 12.1 Å². The first kappa shape index (κ1) is 14.2. The third kappa shape index (κ3) is 3.11. The number of hydrogen-bond donors (Lipinski definition) is 1. The zero-order valence-corrected chi connectivity index (χ0v) is 12.1. The number of nitrogens with one attached hydrogen (secondary N) is 1. The van der Waals surface area contributed by atoms with Gasteiger partial charge < -0.3 is 9.84 Å². The maximum atomic E-state index is 13.3. The molecule has 6 heteroatoms. The summed E-state index contributed by atoms with van der Waals surface area (Å²) in [6.45, 7) is 6.02. The molecule has 0 saturated carbocycles. The van der Waals surface area contributed by atoms with Gasteiger partial charge in [-0.2, -0.15) is 4.98 Å². The van der Waals surface area contributed by atoms with Crippen LogP contribution in [0.4, 0.5) is 4.39 Å². The lowest BCUT2D eigenvalue weighted by atomic mass is 10.1. The smallest absolute Gasteiger partial charge is 0.258 e. The normalized spacial score (nSPS) is 17.8. The average molecular weight is 290 g/mol. The van der Waals surface area contributed by atoms with Gasteiger partial charge in [0.05, 0.1) is 6.04 Å². The minimum absolute atomic E-state index is 0.151. The highest BCUT2D eigenvalue weighted by atomic mass is 19.1. The molecule has 1 atom stereocenters. The van der Waals surface area contributed by atoms with Crippen molar-refractivity contribution >= 4 is 0 Å². The van der Waals surface area contributed by atoms with E-state index in [1.54, 1.807) is 12.1 Å². The summed E-state index contributed by atoms with van der Waals surface area (Å²) >= 11 is 0. The molecule has 5 nitrogen and oxygen atoms in total. The predicted octanol–water partition coefficient (Wildman–Crippen LogP) is 2.23. The van der Waals surface area contributed by atoms with Gasteiger partial charge in [0, 0.05) is 31.7 Å². The molecule has 21 heavy (non-hydrogen) atoms. The molecule has 1 aromatic heterocycles. The Hall–Kier alpha value is -1.79. The number of rotatable bonds is 4. The highest BCUT2D eigenvalue weighted by Gasteiger charge is 2.25. The SMILES string of the molecule is CCC(c1noc(-c2cccc(F)c2)n1)N1CCNCC1. The zero-order chi connectivity index (χ0) is 14.7. The molecule has 0 spiro atoms. The molecule has 2 aromatic rings. The number of piperazine rings is 1. The van der Waals surface area contributed by atoms with Crippen molar-refractivity contribution in [1.29, 1.82) is 0 Å². The van der Waals surface area contributed by atoms with Crippen LogP contribution < -0.4 is 5.32 Å². The van der Waals surface area contributed by atoms with Gasteiger partial charge in [0.25, 0.3) is 5.89 Å². The molecular formula is C15H19FN4O. The molecule has 0 radical (unpaired) electrons. The van der Waals surface area contributed by atoms with Crippen molar-refractivity contribution in [3.63, 3.8) is 0 Å². The van der Waals surface area contributed by atoms with Gasteiger partial charge in [0.1, 0.15) is 5.82 Å². The Bertz CT molecular complexity index is 595. The minimum atomic E-state index is -0.304. The molecule has 3 rings (SSSR count). The van der Waals surface area contributed by atoms with Crippen LogP contribution in [0, 0.1) is 5.82 Å². The molecule has 1 aromatic carbocycles. The van der Waals surface area contributed by atoms with Crippen molar-refractivity contribution in [2.75, 3.05) is 26.2 Å². The molecule has 1 N–H and O–H groups in total. The van der Waals surface area contributed by atoms with Gasteiger partial charge >= 0.3 is 0 Å². The van der Waals surface area contributed by atoms with E-state index in [0.717, 1.165) is 32.6 Å². The lowest BCUT2D eigenvalue weighted by Gasteiger charge is -2.32. The van der Waals surface area contributed by atoms with Crippen molar-refractivity contribution in [2.45, 2.75) is 19.4 Å². The number of aromatic nitrogens is 2. The van der Waals surface area contributed by atoms with Gasteiger partial charge in [-0.1, -0.05) is 18.1 Å². The van der Waals surface area contributed by atoms with Gasteiger partial charge in [-0.15, -0.1) is 0 Å². The third-order valence-corrected chi connectivity index (χ3v) is 3.79.